The van der Waals surface area contributed by atoms with Crippen molar-refractivity contribution in [1.82, 2.24) is 9.78 Å². The molecule has 0 saturated heterocycles. The minimum absolute atomic E-state index is 0.370. The van der Waals surface area contributed by atoms with E-state index in [2.05, 4.69) is 30.6 Å². The van der Waals surface area contributed by atoms with Crippen molar-refractivity contribution >= 4 is 0 Å². The van der Waals surface area contributed by atoms with Gasteiger partial charge in [0.15, 0.2) is 0 Å². The van der Waals surface area contributed by atoms with Gasteiger partial charge in [0.05, 0.1) is 11.8 Å². The van der Waals surface area contributed by atoms with E-state index in [0.717, 1.165) is 29.9 Å². The summed E-state index contributed by atoms with van der Waals surface area (Å²) in [4.78, 5) is 0. The number of rotatable bonds is 6. The summed E-state index contributed by atoms with van der Waals surface area (Å²) in [5.41, 5.74) is 3.13. The number of aromatic nitrogens is 2. The second-order valence-electron chi connectivity index (χ2n) is 4.87. The van der Waals surface area contributed by atoms with Crippen LogP contribution in [0.15, 0.2) is 0 Å². The molecule has 0 saturated carbocycles. The fourth-order valence-corrected chi connectivity index (χ4v) is 2.37. The summed E-state index contributed by atoms with van der Waals surface area (Å²) in [6.07, 6.45) is 2.74. The largest absolute Gasteiger partial charge is 0.388 e. The fourth-order valence-electron chi connectivity index (χ4n) is 2.37. The maximum atomic E-state index is 10.00. The molecule has 1 aromatic heterocycles. The van der Waals surface area contributed by atoms with Crippen molar-refractivity contribution in [2.75, 3.05) is 0 Å². The SMILES string of the molecule is CCC(CC)Cn1nc(C)c(C(O)CC)c1C. The zero-order valence-electron chi connectivity index (χ0n) is 11.8. The maximum absolute atomic E-state index is 10.00. The lowest BCUT2D eigenvalue weighted by Crippen LogP contribution is -2.12. The average molecular weight is 238 g/mol. The summed E-state index contributed by atoms with van der Waals surface area (Å²) in [5, 5.41) is 14.6. The number of nitrogens with zero attached hydrogens (tertiary/aromatic N) is 2. The molecule has 0 aliphatic rings. The second-order valence-corrected chi connectivity index (χ2v) is 4.87. The number of hydrogen-bond donors (Lipinski definition) is 1. The third-order valence-electron chi connectivity index (χ3n) is 3.74. The molecule has 0 bridgehead atoms. The van der Waals surface area contributed by atoms with Crippen molar-refractivity contribution in [3.63, 3.8) is 0 Å². The molecule has 0 aliphatic heterocycles. The molecule has 1 unspecified atom stereocenters. The summed E-state index contributed by atoms with van der Waals surface area (Å²) in [6, 6.07) is 0. The van der Waals surface area contributed by atoms with Gasteiger partial charge in [0.1, 0.15) is 0 Å². The number of aliphatic hydroxyl groups is 1. The lowest BCUT2D eigenvalue weighted by molar-refractivity contribution is 0.172. The summed E-state index contributed by atoms with van der Waals surface area (Å²) >= 11 is 0. The average Bonchev–Trinajstić information content (AvgIpc) is 2.60. The first-order valence-corrected chi connectivity index (χ1v) is 6.76. The van der Waals surface area contributed by atoms with E-state index in [9.17, 15) is 5.11 Å². The topological polar surface area (TPSA) is 38.0 Å². The maximum Gasteiger partial charge on any atom is 0.0823 e. The van der Waals surface area contributed by atoms with Crippen molar-refractivity contribution in [3.8, 4) is 0 Å². The predicted octanol–water partition coefficient (Wildman–Crippen LogP) is 3.38. The molecule has 0 aliphatic carbocycles. The molecule has 0 amide bonds. The Bertz CT molecular complexity index is 353. The molecular formula is C14H26N2O. The van der Waals surface area contributed by atoms with Gasteiger partial charge in [0.2, 0.25) is 0 Å². The van der Waals surface area contributed by atoms with E-state index >= 15 is 0 Å². The van der Waals surface area contributed by atoms with Crippen LogP contribution in [0, 0.1) is 19.8 Å². The van der Waals surface area contributed by atoms with Crippen molar-refractivity contribution in [2.24, 2.45) is 5.92 Å². The molecule has 0 radical (unpaired) electrons. The standard InChI is InChI=1S/C14H26N2O/c1-6-12(7-2)9-16-11(5)14(10(4)15-16)13(17)8-3/h12-13,17H,6-9H2,1-5H3. The summed E-state index contributed by atoms with van der Waals surface area (Å²) in [7, 11) is 0. The monoisotopic (exact) mass is 238 g/mol. The molecule has 0 aromatic carbocycles. The van der Waals surface area contributed by atoms with Crippen molar-refractivity contribution in [2.45, 2.75) is 66.5 Å². The molecule has 1 N–H and O–H groups in total. The molecule has 1 atom stereocenters. The molecule has 0 spiro atoms. The highest BCUT2D eigenvalue weighted by molar-refractivity contribution is 5.26. The van der Waals surface area contributed by atoms with E-state index in [4.69, 9.17) is 0 Å². The van der Waals surface area contributed by atoms with Gasteiger partial charge in [-0.2, -0.15) is 5.10 Å². The number of hydrogen-bond acceptors (Lipinski definition) is 2. The Labute approximate surface area is 105 Å². The zero-order valence-corrected chi connectivity index (χ0v) is 11.8. The Hall–Kier alpha value is -0.830. The first-order valence-electron chi connectivity index (χ1n) is 6.76. The predicted molar refractivity (Wildman–Crippen MR) is 71.0 cm³/mol. The van der Waals surface area contributed by atoms with E-state index in [-0.39, 0.29) is 6.10 Å². The van der Waals surface area contributed by atoms with E-state index in [1.54, 1.807) is 0 Å². The van der Waals surface area contributed by atoms with Crippen LogP contribution in [0.4, 0.5) is 0 Å². The van der Waals surface area contributed by atoms with Crippen molar-refractivity contribution in [3.05, 3.63) is 17.0 Å². The Morgan fingerprint density at radius 1 is 1.12 bits per heavy atom. The van der Waals surface area contributed by atoms with Gasteiger partial charge in [-0.1, -0.05) is 33.6 Å². The minimum atomic E-state index is -0.370. The van der Waals surface area contributed by atoms with Gasteiger partial charge in [-0.05, 0) is 26.2 Å². The van der Waals surface area contributed by atoms with Gasteiger partial charge in [-0.3, -0.25) is 4.68 Å². The van der Waals surface area contributed by atoms with E-state index < -0.39 is 0 Å². The molecular weight excluding hydrogens is 212 g/mol. The quantitative estimate of drug-likeness (QED) is 0.825. The highest BCUT2D eigenvalue weighted by atomic mass is 16.3. The molecule has 1 heterocycles. The Morgan fingerprint density at radius 3 is 2.18 bits per heavy atom. The van der Waals surface area contributed by atoms with Gasteiger partial charge in [-0.15, -0.1) is 0 Å². The molecule has 1 rings (SSSR count). The Kier molecular flexibility index (Phi) is 5.19. The summed E-state index contributed by atoms with van der Waals surface area (Å²) < 4.78 is 2.07. The van der Waals surface area contributed by atoms with Gasteiger partial charge in [-0.25, -0.2) is 0 Å². The van der Waals surface area contributed by atoms with Crippen LogP contribution in [0.1, 0.15) is 63.1 Å². The molecule has 0 fully saturated rings. The molecule has 3 heteroatoms. The van der Waals surface area contributed by atoms with Gasteiger partial charge in [0.25, 0.3) is 0 Å². The molecule has 1 aromatic rings. The summed E-state index contributed by atoms with van der Waals surface area (Å²) in [6.45, 7) is 11.5. The lowest BCUT2D eigenvalue weighted by Gasteiger charge is -2.14. The molecule has 17 heavy (non-hydrogen) atoms. The lowest BCUT2D eigenvalue weighted by atomic mass is 10.0. The van der Waals surface area contributed by atoms with E-state index in [1.807, 2.05) is 13.8 Å². The van der Waals surface area contributed by atoms with Crippen LogP contribution in [-0.2, 0) is 6.54 Å². The summed E-state index contributed by atoms with van der Waals surface area (Å²) in [5.74, 6) is 0.680. The first kappa shape index (κ1) is 14.2. The van der Waals surface area contributed by atoms with Crippen LogP contribution in [0.5, 0.6) is 0 Å². The number of aliphatic hydroxyl groups excluding tert-OH is 1. The Morgan fingerprint density at radius 2 is 1.71 bits per heavy atom. The van der Waals surface area contributed by atoms with Gasteiger partial charge >= 0.3 is 0 Å². The van der Waals surface area contributed by atoms with Crippen molar-refractivity contribution in [1.29, 1.82) is 0 Å². The van der Waals surface area contributed by atoms with Crippen LogP contribution in [0.2, 0.25) is 0 Å². The highest BCUT2D eigenvalue weighted by Gasteiger charge is 2.18. The first-order chi connectivity index (χ1) is 8.04. The third-order valence-corrected chi connectivity index (χ3v) is 3.74. The second kappa shape index (κ2) is 6.20. The number of aryl methyl sites for hydroxylation is 1. The van der Waals surface area contributed by atoms with Crippen LogP contribution >= 0.6 is 0 Å². The fraction of sp³-hybridized carbons (Fsp3) is 0.786. The van der Waals surface area contributed by atoms with Crippen LogP contribution in [0.3, 0.4) is 0 Å². The van der Waals surface area contributed by atoms with E-state index in [0.29, 0.717) is 5.92 Å². The van der Waals surface area contributed by atoms with Crippen LogP contribution < -0.4 is 0 Å². The van der Waals surface area contributed by atoms with Crippen molar-refractivity contribution < 1.29 is 5.11 Å². The van der Waals surface area contributed by atoms with Crippen LogP contribution in [-0.4, -0.2) is 14.9 Å². The third kappa shape index (κ3) is 3.09. The molecule has 98 valence electrons. The molecule has 3 nitrogen and oxygen atoms in total. The normalized spacial score (nSPS) is 13.4. The Balaban J connectivity index is 2.95. The van der Waals surface area contributed by atoms with Crippen LogP contribution in [0.25, 0.3) is 0 Å². The van der Waals surface area contributed by atoms with Gasteiger partial charge in [0, 0.05) is 17.8 Å². The minimum Gasteiger partial charge on any atom is -0.388 e. The zero-order chi connectivity index (χ0) is 13.0. The van der Waals surface area contributed by atoms with E-state index in [1.165, 1.54) is 12.8 Å². The smallest absolute Gasteiger partial charge is 0.0823 e. The van der Waals surface area contributed by atoms with Gasteiger partial charge < -0.3 is 5.11 Å². The highest BCUT2D eigenvalue weighted by Crippen LogP contribution is 2.25.